The van der Waals surface area contributed by atoms with Crippen LogP contribution in [0.15, 0.2) is 24.3 Å². The van der Waals surface area contributed by atoms with Crippen molar-refractivity contribution in [1.29, 1.82) is 0 Å². The molecule has 1 aliphatic rings. The van der Waals surface area contributed by atoms with E-state index in [9.17, 15) is 0 Å². The number of unbranched alkanes of at least 4 members (excludes halogenated alkanes) is 1. The summed E-state index contributed by atoms with van der Waals surface area (Å²) in [7, 11) is 0. The lowest BCUT2D eigenvalue weighted by atomic mass is 10.0. The Kier molecular flexibility index (Phi) is 4.88. The Morgan fingerprint density at radius 2 is 1.95 bits per heavy atom. The number of rotatable bonds is 5. The van der Waals surface area contributed by atoms with Gasteiger partial charge in [0, 0.05) is 24.5 Å². The molecule has 3 rings (SSSR count). The second kappa shape index (κ2) is 7.05. The van der Waals surface area contributed by atoms with Gasteiger partial charge in [0.1, 0.15) is 11.6 Å². The predicted molar refractivity (Wildman–Crippen MR) is 92.3 cm³/mol. The van der Waals surface area contributed by atoms with Gasteiger partial charge < -0.3 is 10.2 Å². The van der Waals surface area contributed by atoms with Gasteiger partial charge in [-0.2, -0.15) is 0 Å². The van der Waals surface area contributed by atoms with Crippen molar-refractivity contribution in [3.05, 3.63) is 30.1 Å². The van der Waals surface area contributed by atoms with Crippen LogP contribution >= 0.6 is 0 Å². The zero-order chi connectivity index (χ0) is 15.4. The summed E-state index contributed by atoms with van der Waals surface area (Å²) in [4.78, 5) is 11.7. The molecule has 118 valence electrons. The van der Waals surface area contributed by atoms with Gasteiger partial charge >= 0.3 is 0 Å². The van der Waals surface area contributed by atoms with E-state index in [4.69, 9.17) is 0 Å². The molecule has 22 heavy (non-hydrogen) atoms. The normalized spacial score (nSPS) is 17.0. The molecule has 1 aliphatic heterocycles. The number of para-hydroxylation sites is 1. The van der Waals surface area contributed by atoms with Crippen molar-refractivity contribution < 1.29 is 0 Å². The first kappa shape index (κ1) is 15.2. The van der Waals surface area contributed by atoms with Crippen LogP contribution in [0.1, 0.15) is 38.4 Å². The number of nitrogens with one attached hydrogen (secondary N) is 1. The van der Waals surface area contributed by atoms with E-state index >= 15 is 0 Å². The Hall–Kier alpha value is -1.68. The minimum Gasteiger partial charge on any atom is -0.367 e. The molecule has 0 aliphatic carbocycles. The van der Waals surface area contributed by atoms with Crippen LogP contribution in [-0.2, 0) is 0 Å². The fourth-order valence-corrected chi connectivity index (χ4v) is 3.18. The molecule has 2 aromatic rings. The Bertz CT molecular complexity index is 618. The second-order valence-electron chi connectivity index (χ2n) is 6.25. The predicted octanol–water partition coefficient (Wildman–Crippen LogP) is 3.61. The van der Waals surface area contributed by atoms with Gasteiger partial charge in [-0.3, -0.25) is 0 Å². The zero-order valence-electron chi connectivity index (χ0n) is 13.7. The molecular weight excluding hydrogens is 272 g/mol. The molecule has 0 radical (unpaired) electrons. The average molecular weight is 298 g/mol. The molecule has 1 saturated heterocycles. The van der Waals surface area contributed by atoms with Crippen LogP contribution in [0.3, 0.4) is 0 Å². The summed E-state index contributed by atoms with van der Waals surface area (Å²) in [5, 5.41) is 4.79. The number of aryl methyl sites for hydroxylation is 1. The lowest BCUT2D eigenvalue weighted by Crippen LogP contribution is -2.39. The third kappa shape index (κ3) is 3.55. The average Bonchev–Trinajstić information content (AvgIpc) is 2.54. The van der Waals surface area contributed by atoms with Crippen LogP contribution in [0.5, 0.6) is 0 Å². The smallest absolute Gasteiger partial charge is 0.137 e. The molecule has 1 aromatic carbocycles. The minimum absolute atomic E-state index is 0.524. The van der Waals surface area contributed by atoms with Gasteiger partial charge in [0.05, 0.1) is 5.52 Å². The maximum absolute atomic E-state index is 4.63. The van der Waals surface area contributed by atoms with Crippen molar-refractivity contribution in [2.75, 3.05) is 25.0 Å². The number of likely N-dealkylation sites (tertiary alicyclic amines) is 1. The van der Waals surface area contributed by atoms with E-state index in [1.54, 1.807) is 0 Å². The van der Waals surface area contributed by atoms with E-state index in [0.29, 0.717) is 6.04 Å². The van der Waals surface area contributed by atoms with Gasteiger partial charge in [0.15, 0.2) is 0 Å². The van der Waals surface area contributed by atoms with Gasteiger partial charge in [0.2, 0.25) is 0 Å². The van der Waals surface area contributed by atoms with E-state index in [-0.39, 0.29) is 0 Å². The van der Waals surface area contributed by atoms with Crippen LogP contribution in [0.4, 0.5) is 5.82 Å². The number of anilines is 1. The number of hydrogen-bond donors (Lipinski definition) is 1. The quantitative estimate of drug-likeness (QED) is 0.915. The molecule has 0 bridgehead atoms. The van der Waals surface area contributed by atoms with Crippen LogP contribution < -0.4 is 5.32 Å². The minimum atomic E-state index is 0.524. The molecule has 1 N–H and O–H groups in total. The summed E-state index contributed by atoms with van der Waals surface area (Å²) < 4.78 is 0. The molecule has 4 nitrogen and oxygen atoms in total. The van der Waals surface area contributed by atoms with Gasteiger partial charge in [-0.1, -0.05) is 25.5 Å². The lowest BCUT2D eigenvalue weighted by Gasteiger charge is -2.32. The maximum Gasteiger partial charge on any atom is 0.137 e. The Labute approximate surface area is 133 Å². The highest BCUT2D eigenvalue weighted by Crippen LogP contribution is 2.23. The highest BCUT2D eigenvalue weighted by atomic mass is 15.1. The van der Waals surface area contributed by atoms with Crippen molar-refractivity contribution in [2.45, 2.75) is 45.6 Å². The zero-order valence-corrected chi connectivity index (χ0v) is 13.7. The van der Waals surface area contributed by atoms with Gasteiger partial charge in [-0.25, -0.2) is 9.97 Å². The molecule has 0 saturated carbocycles. The highest BCUT2D eigenvalue weighted by Gasteiger charge is 2.19. The number of nitrogens with zero attached hydrogens (tertiary/aromatic N) is 3. The largest absolute Gasteiger partial charge is 0.367 e. The Morgan fingerprint density at radius 1 is 1.18 bits per heavy atom. The Balaban J connectivity index is 1.67. The molecule has 0 amide bonds. The van der Waals surface area contributed by atoms with Crippen molar-refractivity contribution in [1.82, 2.24) is 14.9 Å². The summed E-state index contributed by atoms with van der Waals surface area (Å²) in [6.45, 7) is 7.86. The molecule has 0 atom stereocenters. The number of benzene rings is 1. The van der Waals surface area contributed by atoms with Crippen LogP contribution in [0, 0.1) is 6.92 Å². The van der Waals surface area contributed by atoms with Crippen molar-refractivity contribution >= 4 is 16.7 Å². The van der Waals surface area contributed by atoms with Crippen LogP contribution in [0.25, 0.3) is 10.9 Å². The fraction of sp³-hybridized carbons (Fsp3) is 0.556. The molecule has 0 spiro atoms. The third-order valence-electron chi connectivity index (χ3n) is 4.47. The molecule has 4 heteroatoms. The van der Waals surface area contributed by atoms with E-state index < -0.39 is 0 Å². The van der Waals surface area contributed by atoms with Gasteiger partial charge in [-0.05, 0) is 44.9 Å². The van der Waals surface area contributed by atoms with E-state index in [1.807, 2.05) is 13.0 Å². The number of fused-ring (bicyclic) bond motifs is 1. The topological polar surface area (TPSA) is 41.0 Å². The first-order valence-corrected chi connectivity index (χ1v) is 8.48. The fourth-order valence-electron chi connectivity index (χ4n) is 3.18. The van der Waals surface area contributed by atoms with Crippen LogP contribution in [-0.4, -0.2) is 40.5 Å². The monoisotopic (exact) mass is 298 g/mol. The summed E-state index contributed by atoms with van der Waals surface area (Å²) in [5.41, 5.74) is 1.03. The molecule has 0 unspecified atom stereocenters. The first-order chi connectivity index (χ1) is 10.8. The lowest BCUT2D eigenvalue weighted by molar-refractivity contribution is 0.216. The van der Waals surface area contributed by atoms with Gasteiger partial charge in [0.25, 0.3) is 0 Å². The summed E-state index contributed by atoms with van der Waals surface area (Å²) in [5.74, 6) is 1.83. The van der Waals surface area contributed by atoms with Crippen molar-refractivity contribution in [3.63, 3.8) is 0 Å². The number of hydrogen-bond acceptors (Lipinski definition) is 4. The molecule has 1 fully saturated rings. The number of piperidine rings is 1. The SMILES string of the molecule is CCCCN1CCC(Nc2nc(C)nc3ccccc23)CC1. The maximum atomic E-state index is 4.63. The van der Waals surface area contributed by atoms with Crippen molar-refractivity contribution in [3.8, 4) is 0 Å². The summed E-state index contributed by atoms with van der Waals surface area (Å²) in [6, 6.07) is 8.77. The second-order valence-corrected chi connectivity index (χ2v) is 6.25. The number of aromatic nitrogens is 2. The third-order valence-corrected chi connectivity index (χ3v) is 4.47. The highest BCUT2D eigenvalue weighted by molar-refractivity contribution is 5.89. The molecule has 1 aromatic heterocycles. The standard InChI is InChI=1S/C18H26N4/c1-3-4-11-22-12-9-15(10-13-22)21-18-16-7-5-6-8-17(16)19-14(2)20-18/h5-8,15H,3-4,9-13H2,1-2H3,(H,19,20,21). The summed E-state index contributed by atoms with van der Waals surface area (Å²) in [6.07, 6.45) is 4.99. The van der Waals surface area contributed by atoms with E-state index in [0.717, 1.165) is 22.5 Å². The van der Waals surface area contributed by atoms with E-state index in [2.05, 4.69) is 45.3 Å². The molecule has 2 heterocycles. The summed E-state index contributed by atoms with van der Waals surface area (Å²) >= 11 is 0. The van der Waals surface area contributed by atoms with Crippen molar-refractivity contribution in [2.24, 2.45) is 0 Å². The van der Waals surface area contributed by atoms with Gasteiger partial charge in [-0.15, -0.1) is 0 Å². The Morgan fingerprint density at radius 3 is 2.73 bits per heavy atom. The molecular formula is C18H26N4. The first-order valence-electron chi connectivity index (χ1n) is 8.48. The van der Waals surface area contributed by atoms with Crippen LogP contribution in [0.2, 0.25) is 0 Å². The van der Waals surface area contributed by atoms with E-state index in [1.165, 1.54) is 45.3 Å².